The second-order valence-electron chi connectivity index (χ2n) is 5.61. The van der Waals surface area contributed by atoms with E-state index in [1.54, 1.807) is 20.8 Å². The molecule has 1 saturated carbocycles. The Hall–Kier alpha value is -1.14. The summed E-state index contributed by atoms with van der Waals surface area (Å²) >= 11 is 0. The molecule has 1 unspecified atom stereocenters. The molecule has 2 N–H and O–H groups in total. The van der Waals surface area contributed by atoms with Crippen molar-refractivity contribution < 1.29 is 24.2 Å². The van der Waals surface area contributed by atoms with Crippen LogP contribution in [0.15, 0.2) is 0 Å². The monoisotopic (exact) mass is 301 g/mol. The number of carbonyl (C=O) groups excluding carboxylic acids is 2. The number of nitrogens with one attached hydrogen (secondary N) is 1. The Morgan fingerprint density at radius 1 is 1.24 bits per heavy atom. The molecule has 0 aromatic rings. The summed E-state index contributed by atoms with van der Waals surface area (Å²) < 4.78 is 9.92. The molecule has 0 aromatic heterocycles. The minimum atomic E-state index is -0.871. The lowest BCUT2D eigenvalue weighted by atomic mass is 9.78. The maximum atomic E-state index is 11.7. The summed E-state index contributed by atoms with van der Waals surface area (Å²) in [6, 6.07) is -0.447. The summed E-state index contributed by atoms with van der Waals surface area (Å²) in [6.45, 7) is 6.31. The van der Waals surface area contributed by atoms with Gasteiger partial charge in [0.15, 0.2) is 0 Å². The smallest absolute Gasteiger partial charge is 0.322 e. The minimum absolute atomic E-state index is 0.118. The molecule has 0 aromatic carbocycles. The van der Waals surface area contributed by atoms with Crippen molar-refractivity contribution in [2.45, 2.75) is 58.1 Å². The van der Waals surface area contributed by atoms with Crippen LogP contribution in [0, 0.1) is 5.92 Å². The quantitative estimate of drug-likeness (QED) is 0.683. The van der Waals surface area contributed by atoms with Gasteiger partial charge < -0.3 is 19.9 Å². The second kappa shape index (κ2) is 8.34. The van der Waals surface area contributed by atoms with Crippen molar-refractivity contribution in [2.24, 2.45) is 5.92 Å². The van der Waals surface area contributed by atoms with Gasteiger partial charge in [0, 0.05) is 6.54 Å². The molecule has 6 heteroatoms. The number of carbonyl (C=O) groups is 2. The first kappa shape index (κ1) is 17.9. The van der Waals surface area contributed by atoms with Gasteiger partial charge in [0.25, 0.3) is 0 Å². The molecule has 0 bridgehead atoms. The molecule has 1 fully saturated rings. The first-order chi connectivity index (χ1) is 9.91. The van der Waals surface area contributed by atoms with Gasteiger partial charge >= 0.3 is 11.9 Å². The predicted molar refractivity (Wildman–Crippen MR) is 77.6 cm³/mol. The van der Waals surface area contributed by atoms with E-state index in [0.717, 1.165) is 0 Å². The zero-order valence-corrected chi connectivity index (χ0v) is 13.2. The van der Waals surface area contributed by atoms with Crippen LogP contribution in [0.2, 0.25) is 0 Å². The number of hydrogen-bond acceptors (Lipinski definition) is 6. The molecule has 0 amide bonds. The van der Waals surface area contributed by atoms with Crippen molar-refractivity contribution in [1.29, 1.82) is 0 Å². The number of hydrogen-bond donors (Lipinski definition) is 2. The third-order valence-corrected chi connectivity index (χ3v) is 3.91. The number of esters is 2. The van der Waals surface area contributed by atoms with Gasteiger partial charge in [0.1, 0.15) is 6.04 Å². The van der Waals surface area contributed by atoms with E-state index in [1.165, 1.54) is 0 Å². The Bertz CT molecular complexity index is 350. The molecule has 122 valence electrons. The first-order valence-electron chi connectivity index (χ1n) is 7.71. The molecule has 21 heavy (non-hydrogen) atoms. The van der Waals surface area contributed by atoms with E-state index in [4.69, 9.17) is 9.47 Å². The van der Waals surface area contributed by atoms with E-state index in [1.807, 2.05) is 0 Å². The number of rotatable bonds is 7. The topological polar surface area (TPSA) is 84.9 Å². The molecule has 1 aliphatic carbocycles. The molecule has 1 atom stereocenters. The van der Waals surface area contributed by atoms with Crippen LogP contribution in [0.1, 0.15) is 46.5 Å². The van der Waals surface area contributed by atoms with Crippen LogP contribution in [-0.2, 0) is 19.1 Å². The molecule has 0 heterocycles. The predicted octanol–water partition coefficient (Wildman–Crippen LogP) is 1.01. The number of aliphatic hydroxyl groups is 1. The van der Waals surface area contributed by atoms with E-state index in [-0.39, 0.29) is 17.9 Å². The second-order valence-corrected chi connectivity index (χ2v) is 5.61. The Labute approximate surface area is 126 Å². The normalized spacial score (nSPS) is 27.0. The van der Waals surface area contributed by atoms with Crippen LogP contribution in [0.25, 0.3) is 0 Å². The molecule has 6 nitrogen and oxygen atoms in total. The Balaban J connectivity index is 2.37. The summed E-state index contributed by atoms with van der Waals surface area (Å²) in [5.74, 6) is -0.610. The fourth-order valence-electron chi connectivity index (χ4n) is 2.52. The lowest BCUT2D eigenvalue weighted by Crippen LogP contribution is -2.48. The van der Waals surface area contributed by atoms with E-state index >= 15 is 0 Å². The van der Waals surface area contributed by atoms with Crippen molar-refractivity contribution >= 4 is 11.9 Å². The Morgan fingerprint density at radius 2 is 1.81 bits per heavy atom. The third kappa shape index (κ3) is 5.63. The highest BCUT2D eigenvalue weighted by Gasteiger charge is 2.36. The van der Waals surface area contributed by atoms with Crippen molar-refractivity contribution in [3.63, 3.8) is 0 Å². The average Bonchev–Trinajstić information content (AvgIpc) is 2.46. The molecule has 0 aliphatic heterocycles. The maximum Gasteiger partial charge on any atom is 0.322 e. The standard InChI is InChI=1S/C15H27NO5/c1-4-20-13(17)11(3)16-10-15(19)8-6-12(7-9-15)14(18)21-5-2/h11-12,16,19H,4-10H2,1-3H3. The SMILES string of the molecule is CCOC(=O)C1CCC(O)(CNC(C)C(=O)OCC)CC1. The Morgan fingerprint density at radius 3 is 2.33 bits per heavy atom. The Kier molecular flexibility index (Phi) is 7.11. The summed E-state index contributed by atoms with van der Waals surface area (Å²) in [7, 11) is 0. The van der Waals surface area contributed by atoms with Gasteiger partial charge in [0.2, 0.25) is 0 Å². The van der Waals surface area contributed by atoms with Crippen LogP contribution in [0.4, 0.5) is 0 Å². The van der Waals surface area contributed by atoms with Crippen molar-refractivity contribution in [1.82, 2.24) is 5.32 Å². The minimum Gasteiger partial charge on any atom is -0.466 e. The molecular formula is C15H27NO5. The fourth-order valence-corrected chi connectivity index (χ4v) is 2.52. The highest BCUT2D eigenvalue weighted by Crippen LogP contribution is 2.32. The molecule has 1 aliphatic rings. The largest absolute Gasteiger partial charge is 0.466 e. The van der Waals surface area contributed by atoms with E-state index in [9.17, 15) is 14.7 Å². The van der Waals surface area contributed by atoms with Crippen molar-refractivity contribution in [3.8, 4) is 0 Å². The van der Waals surface area contributed by atoms with Gasteiger partial charge in [-0.15, -0.1) is 0 Å². The van der Waals surface area contributed by atoms with Crippen LogP contribution in [-0.4, -0.2) is 48.4 Å². The zero-order valence-electron chi connectivity index (χ0n) is 13.2. The molecule has 1 rings (SSSR count). The van der Waals surface area contributed by atoms with Crippen LogP contribution in [0.3, 0.4) is 0 Å². The summed E-state index contributed by atoms with van der Waals surface area (Å²) in [5, 5.41) is 13.5. The van der Waals surface area contributed by atoms with E-state index < -0.39 is 11.6 Å². The fraction of sp³-hybridized carbons (Fsp3) is 0.867. The lowest BCUT2D eigenvalue weighted by Gasteiger charge is -2.35. The van der Waals surface area contributed by atoms with Gasteiger partial charge in [-0.05, 0) is 46.5 Å². The highest BCUT2D eigenvalue weighted by atomic mass is 16.5. The van der Waals surface area contributed by atoms with E-state index in [2.05, 4.69) is 5.32 Å². The van der Waals surface area contributed by atoms with Gasteiger partial charge in [0.05, 0.1) is 24.7 Å². The van der Waals surface area contributed by atoms with Gasteiger partial charge in [-0.3, -0.25) is 9.59 Å². The third-order valence-electron chi connectivity index (χ3n) is 3.91. The summed E-state index contributed by atoms with van der Waals surface area (Å²) in [4.78, 5) is 23.2. The maximum absolute atomic E-state index is 11.7. The van der Waals surface area contributed by atoms with Gasteiger partial charge in [-0.25, -0.2) is 0 Å². The highest BCUT2D eigenvalue weighted by molar-refractivity contribution is 5.75. The molecule has 0 radical (unpaired) electrons. The van der Waals surface area contributed by atoms with Gasteiger partial charge in [-0.2, -0.15) is 0 Å². The van der Waals surface area contributed by atoms with Crippen LogP contribution in [0.5, 0.6) is 0 Å². The molecular weight excluding hydrogens is 274 g/mol. The molecule has 0 spiro atoms. The molecule has 0 saturated heterocycles. The zero-order chi connectivity index (χ0) is 15.9. The van der Waals surface area contributed by atoms with Crippen molar-refractivity contribution in [2.75, 3.05) is 19.8 Å². The number of ether oxygens (including phenoxy) is 2. The van der Waals surface area contributed by atoms with Crippen molar-refractivity contribution in [3.05, 3.63) is 0 Å². The summed E-state index contributed by atoms with van der Waals surface area (Å²) in [5.41, 5.74) is -0.871. The average molecular weight is 301 g/mol. The lowest BCUT2D eigenvalue weighted by molar-refractivity contribution is -0.151. The summed E-state index contributed by atoms with van der Waals surface area (Å²) in [6.07, 6.45) is 2.29. The van der Waals surface area contributed by atoms with Crippen LogP contribution < -0.4 is 5.32 Å². The van der Waals surface area contributed by atoms with Crippen LogP contribution >= 0.6 is 0 Å². The van der Waals surface area contributed by atoms with Gasteiger partial charge in [-0.1, -0.05) is 0 Å². The first-order valence-corrected chi connectivity index (χ1v) is 7.71. The van der Waals surface area contributed by atoms with E-state index in [0.29, 0.717) is 45.4 Å².